The van der Waals surface area contributed by atoms with E-state index in [1.54, 1.807) is 6.07 Å². The number of ether oxygens (including phenoxy) is 1. The second kappa shape index (κ2) is 11.6. The van der Waals surface area contributed by atoms with E-state index >= 15 is 0 Å². The molecule has 2 aromatic carbocycles. The van der Waals surface area contributed by atoms with Gasteiger partial charge in [-0.25, -0.2) is 9.97 Å². The number of rotatable bonds is 9. The van der Waals surface area contributed by atoms with Gasteiger partial charge in [0.05, 0.1) is 18.7 Å². The van der Waals surface area contributed by atoms with Crippen LogP contribution in [0, 0.1) is 0 Å². The summed E-state index contributed by atoms with van der Waals surface area (Å²) in [6, 6.07) is 13.4. The van der Waals surface area contributed by atoms with Crippen LogP contribution in [0.2, 0.25) is 0 Å². The van der Waals surface area contributed by atoms with Crippen LogP contribution in [0.3, 0.4) is 0 Å². The molecular formula is C27H29N7O3. The molecule has 0 aliphatic carbocycles. The van der Waals surface area contributed by atoms with Crippen LogP contribution >= 0.6 is 0 Å². The van der Waals surface area contributed by atoms with Crippen molar-refractivity contribution in [3.05, 3.63) is 67.1 Å². The SMILES string of the molecule is O=C(C=CC(=O)Nc1ccc2ncnc(Nc3ccc4[nH]ccc4c3)c2c1)NCCCN1CCOCC1. The molecule has 1 aliphatic rings. The number of nitrogens with zero attached hydrogens (tertiary/aromatic N) is 3. The largest absolute Gasteiger partial charge is 0.379 e. The quantitative estimate of drug-likeness (QED) is 0.206. The Balaban J connectivity index is 1.16. The third-order valence-electron chi connectivity index (χ3n) is 6.16. The minimum absolute atomic E-state index is 0.296. The van der Waals surface area contributed by atoms with E-state index in [1.165, 1.54) is 18.5 Å². The van der Waals surface area contributed by atoms with Crippen LogP contribution in [-0.2, 0) is 14.3 Å². The van der Waals surface area contributed by atoms with Crippen molar-refractivity contribution in [1.29, 1.82) is 0 Å². The predicted octanol–water partition coefficient (Wildman–Crippen LogP) is 3.19. The number of morpholine rings is 1. The molecule has 5 rings (SSSR count). The van der Waals surface area contributed by atoms with Gasteiger partial charge in [0.25, 0.3) is 0 Å². The molecule has 4 aromatic rings. The van der Waals surface area contributed by atoms with Crippen LogP contribution in [0.4, 0.5) is 17.2 Å². The number of H-pyrrole nitrogens is 1. The number of aromatic amines is 1. The summed E-state index contributed by atoms with van der Waals surface area (Å²) in [5, 5.41) is 10.8. The van der Waals surface area contributed by atoms with E-state index in [4.69, 9.17) is 4.74 Å². The van der Waals surface area contributed by atoms with Crippen molar-refractivity contribution in [3.8, 4) is 0 Å². The highest BCUT2D eigenvalue weighted by molar-refractivity contribution is 6.05. The number of benzene rings is 2. The van der Waals surface area contributed by atoms with E-state index in [1.807, 2.05) is 42.6 Å². The van der Waals surface area contributed by atoms with Crippen molar-refractivity contribution < 1.29 is 14.3 Å². The highest BCUT2D eigenvalue weighted by Gasteiger charge is 2.10. The van der Waals surface area contributed by atoms with Crippen molar-refractivity contribution in [2.24, 2.45) is 0 Å². The molecule has 2 aromatic heterocycles. The third kappa shape index (κ3) is 6.49. The monoisotopic (exact) mass is 499 g/mol. The molecule has 0 unspecified atom stereocenters. The van der Waals surface area contributed by atoms with Crippen molar-refractivity contribution in [2.75, 3.05) is 50.0 Å². The van der Waals surface area contributed by atoms with E-state index < -0.39 is 5.91 Å². The van der Waals surface area contributed by atoms with Crippen LogP contribution in [0.5, 0.6) is 0 Å². The second-order valence-electron chi connectivity index (χ2n) is 8.78. The lowest BCUT2D eigenvalue weighted by Gasteiger charge is -2.26. The number of fused-ring (bicyclic) bond motifs is 2. The summed E-state index contributed by atoms with van der Waals surface area (Å²) in [6.45, 7) is 4.84. The molecule has 10 heteroatoms. The molecule has 3 heterocycles. The van der Waals surface area contributed by atoms with Crippen molar-refractivity contribution in [2.45, 2.75) is 6.42 Å². The Morgan fingerprint density at radius 2 is 1.84 bits per heavy atom. The number of hydrogen-bond donors (Lipinski definition) is 4. The van der Waals surface area contributed by atoms with Crippen LogP contribution in [-0.4, -0.2) is 71.1 Å². The molecule has 1 saturated heterocycles. The van der Waals surface area contributed by atoms with Gasteiger partial charge in [0.2, 0.25) is 11.8 Å². The first-order valence-electron chi connectivity index (χ1n) is 12.3. The molecule has 0 bridgehead atoms. The van der Waals surface area contributed by atoms with Gasteiger partial charge in [0.15, 0.2) is 0 Å². The minimum atomic E-state index is -0.396. The molecule has 4 N–H and O–H groups in total. The van der Waals surface area contributed by atoms with E-state index in [-0.39, 0.29) is 5.91 Å². The fourth-order valence-electron chi connectivity index (χ4n) is 4.24. The highest BCUT2D eigenvalue weighted by Crippen LogP contribution is 2.27. The van der Waals surface area contributed by atoms with Gasteiger partial charge in [-0.1, -0.05) is 0 Å². The number of nitrogens with one attached hydrogen (secondary N) is 4. The Morgan fingerprint density at radius 3 is 2.73 bits per heavy atom. The van der Waals surface area contributed by atoms with Crippen LogP contribution in [0.25, 0.3) is 21.8 Å². The molecular weight excluding hydrogens is 470 g/mol. The third-order valence-corrected chi connectivity index (χ3v) is 6.16. The van der Waals surface area contributed by atoms with E-state index in [9.17, 15) is 9.59 Å². The summed E-state index contributed by atoms with van der Waals surface area (Å²) in [6.07, 6.45) is 6.72. The first-order valence-corrected chi connectivity index (χ1v) is 12.3. The fraction of sp³-hybridized carbons (Fsp3) is 0.259. The van der Waals surface area contributed by atoms with Gasteiger partial charge in [0, 0.05) is 65.6 Å². The average molecular weight is 500 g/mol. The average Bonchev–Trinajstić information content (AvgIpc) is 3.39. The van der Waals surface area contributed by atoms with Gasteiger partial charge in [-0.05, 0) is 55.4 Å². The van der Waals surface area contributed by atoms with Crippen molar-refractivity contribution >= 4 is 50.8 Å². The smallest absolute Gasteiger partial charge is 0.248 e. The predicted molar refractivity (Wildman–Crippen MR) is 144 cm³/mol. The Morgan fingerprint density at radius 1 is 1.00 bits per heavy atom. The molecule has 0 atom stereocenters. The summed E-state index contributed by atoms with van der Waals surface area (Å²) >= 11 is 0. The lowest BCUT2D eigenvalue weighted by Crippen LogP contribution is -2.38. The number of amides is 2. The van der Waals surface area contributed by atoms with Crippen LogP contribution in [0.1, 0.15) is 6.42 Å². The van der Waals surface area contributed by atoms with Gasteiger partial charge in [-0.3, -0.25) is 14.5 Å². The van der Waals surface area contributed by atoms with Crippen molar-refractivity contribution in [1.82, 2.24) is 25.2 Å². The van der Waals surface area contributed by atoms with Crippen LogP contribution in [0.15, 0.2) is 67.1 Å². The van der Waals surface area contributed by atoms with Gasteiger partial charge in [-0.15, -0.1) is 0 Å². The molecule has 2 amide bonds. The normalized spacial score (nSPS) is 14.3. The lowest BCUT2D eigenvalue weighted by atomic mass is 10.2. The van der Waals surface area contributed by atoms with E-state index in [0.717, 1.165) is 66.8 Å². The van der Waals surface area contributed by atoms with Gasteiger partial charge in [0.1, 0.15) is 12.1 Å². The maximum Gasteiger partial charge on any atom is 0.248 e. The lowest BCUT2D eigenvalue weighted by molar-refractivity contribution is -0.117. The zero-order valence-corrected chi connectivity index (χ0v) is 20.4. The molecule has 190 valence electrons. The van der Waals surface area contributed by atoms with Gasteiger partial charge < -0.3 is 25.7 Å². The Labute approximate surface area is 214 Å². The maximum atomic E-state index is 12.4. The first kappa shape index (κ1) is 24.4. The fourth-order valence-corrected chi connectivity index (χ4v) is 4.24. The molecule has 1 aliphatic heterocycles. The van der Waals surface area contributed by atoms with E-state index in [0.29, 0.717) is 18.1 Å². The second-order valence-corrected chi connectivity index (χ2v) is 8.78. The summed E-state index contributed by atoms with van der Waals surface area (Å²) in [5.41, 5.74) is 3.26. The highest BCUT2D eigenvalue weighted by atomic mass is 16.5. The Bertz CT molecular complexity index is 1430. The zero-order chi connectivity index (χ0) is 25.5. The molecule has 0 spiro atoms. The standard InChI is InChI=1S/C27H29N7O3/c35-25(29-9-1-11-34-12-14-37-15-13-34)6-7-26(36)32-21-3-5-24-22(17-21)27(31-18-30-24)33-20-2-4-23-19(16-20)8-10-28-23/h2-8,10,16-18,28H,1,9,11-15H2,(H,29,35)(H,32,36)(H,30,31,33). The topological polar surface area (TPSA) is 124 Å². The summed E-state index contributed by atoms with van der Waals surface area (Å²) < 4.78 is 5.33. The van der Waals surface area contributed by atoms with Gasteiger partial charge in [-0.2, -0.15) is 0 Å². The van der Waals surface area contributed by atoms with Gasteiger partial charge >= 0.3 is 0 Å². The van der Waals surface area contributed by atoms with E-state index in [2.05, 4.69) is 35.8 Å². The minimum Gasteiger partial charge on any atom is -0.379 e. The first-order chi connectivity index (χ1) is 18.1. The van der Waals surface area contributed by atoms with Crippen LogP contribution < -0.4 is 16.0 Å². The number of carbonyl (C=O) groups is 2. The number of carbonyl (C=O) groups excluding carboxylic acids is 2. The Hall–Kier alpha value is -4.28. The van der Waals surface area contributed by atoms with Crippen molar-refractivity contribution in [3.63, 3.8) is 0 Å². The number of aromatic nitrogens is 3. The summed E-state index contributed by atoms with van der Waals surface area (Å²) in [4.78, 5) is 38.7. The summed E-state index contributed by atoms with van der Waals surface area (Å²) in [5.74, 6) is -0.0648. The molecule has 10 nitrogen and oxygen atoms in total. The number of anilines is 3. The number of hydrogen-bond acceptors (Lipinski definition) is 7. The summed E-state index contributed by atoms with van der Waals surface area (Å²) in [7, 11) is 0. The maximum absolute atomic E-state index is 12.4. The molecule has 37 heavy (non-hydrogen) atoms. The molecule has 0 radical (unpaired) electrons. The molecule has 1 fully saturated rings. The molecule has 0 saturated carbocycles. The Kier molecular flexibility index (Phi) is 7.68. The zero-order valence-electron chi connectivity index (χ0n) is 20.4.